The van der Waals surface area contributed by atoms with Crippen LogP contribution >= 0.6 is 0 Å². The smallest absolute Gasteiger partial charge is 0.227 e. The minimum Gasteiger partial charge on any atom is -0.494 e. The number of benzene rings is 1. The zero-order valence-electron chi connectivity index (χ0n) is 11.3. The second-order valence-corrected chi connectivity index (χ2v) is 5.22. The lowest BCUT2D eigenvalue weighted by Crippen LogP contribution is -2.44. The van der Waals surface area contributed by atoms with Crippen LogP contribution in [0.15, 0.2) is 24.3 Å². The van der Waals surface area contributed by atoms with Crippen LogP contribution in [0, 0.1) is 5.92 Å². The number of nitrogens with one attached hydrogen (secondary N) is 1. The van der Waals surface area contributed by atoms with Crippen LogP contribution in [0.3, 0.4) is 0 Å². The van der Waals surface area contributed by atoms with Crippen molar-refractivity contribution in [3.8, 4) is 5.75 Å². The summed E-state index contributed by atoms with van der Waals surface area (Å²) in [6, 6.07) is 8.24. The average Bonchev–Trinajstić information content (AvgIpc) is 2.76. The summed E-state index contributed by atoms with van der Waals surface area (Å²) < 4.78 is 5.44. The molecule has 1 amide bonds. The molecule has 3 rings (SSSR count). The lowest BCUT2D eigenvalue weighted by Gasteiger charge is -2.32. The van der Waals surface area contributed by atoms with Gasteiger partial charge in [0.05, 0.1) is 6.61 Å². The second kappa shape index (κ2) is 5.21. The monoisotopic (exact) mass is 260 g/mol. The third-order valence-electron chi connectivity index (χ3n) is 4.03. The van der Waals surface area contributed by atoms with Crippen molar-refractivity contribution in [2.75, 3.05) is 24.6 Å². The third-order valence-corrected chi connectivity index (χ3v) is 4.03. The molecule has 1 aromatic rings. The van der Waals surface area contributed by atoms with Crippen LogP contribution in [0.4, 0.5) is 5.69 Å². The van der Waals surface area contributed by atoms with E-state index in [0.29, 0.717) is 25.0 Å². The van der Waals surface area contributed by atoms with E-state index in [1.54, 1.807) is 0 Å². The van der Waals surface area contributed by atoms with Gasteiger partial charge < -0.3 is 15.0 Å². The number of amides is 1. The van der Waals surface area contributed by atoms with Gasteiger partial charge in [-0.3, -0.25) is 4.79 Å². The Bertz CT molecular complexity index is 458. The average molecular weight is 260 g/mol. The van der Waals surface area contributed by atoms with E-state index in [4.69, 9.17) is 4.74 Å². The predicted octanol–water partition coefficient (Wildman–Crippen LogP) is 1.80. The van der Waals surface area contributed by atoms with Crippen LogP contribution in [-0.2, 0) is 4.79 Å². The van der Waals surface area contributed by atoms with Gasteiger partial charge in [0.2, 0.25) is 5.91 Å². The van der Waals surface area contributed by atoms with Crippen LogP contribution in [0.1, 0.15) is 19.8 Å². The molecule has 0 spiro atoms. The number of anilines is 1. The Morgan fingerprint density at radius 1 is 1.37 bits per heavy atom. The first-order valence-electron chi connectivity index (χ1n) is 7.05. The summed E-state index contributed by atoms with van der Waals surface area (Å²) in [5, 5.41) is 3.38. The van der Waals surface area contributed by atoms with Gasteiger partial charge in [-0.25, -0.2) is 0 Å². The van der Waals surface area contributed by atoms with E-state index in [9.17, 15) is 4.79 Å². The van der Waals surface area contributed by atoms with Gasteiger partial charge in [-0.15, -0.1) is 0 Å². The molecule has 4 nitrogen and oxygen atoms in total. The van der Waals surface area contributed by atoms with E-state index in [2.05, 4.69) is 5.32 Å². The number of piperidine rings is 1. The van der Waals surface area contributed by atoms with Crippen molar-refractivity contribution in [2.24, 2.45) is 5.92 Å². The molecule has 2 saturated heterocycles. The molecule has 2 fully saturated rings. The zero-order chi connectivity index (χ0) is 13.2. The molecule has 1 N–H and O–H groups in total. The minimum absolute atomic E-state index is 0.253. The maximum atomic E-state index is 12.2. The molecule has 19 heavy (non-hydrogen) atoms. The molecule has 1 aromatic carbocycles. The highest BCUT2D eigenvalue weighted by Gasteiger charge is 2.41. The minimum atomic E-state index is 0.253. The summed E-state index contributed by atoms with van der Waals surface area (Å²) in [7, 11) is 0. The molecule has 0 radical (unpaired) electrons. The van der Waals surface area contributed by atoms with Crippen LogP contribution in [0.5, 0.6) is 5.75 Å². The molecule has 0 bridgehead atoms. The highest BCUT2D eigenvalue weighted by molar-refractivity contribution is 5.96. The molecule has 2 aliphatic heterocycles. The molecule has 2 heterocycles. The Morgan fingerprint density at radius 2 is 2.16 bits per heavy atom. The summed E-state index contributed by atoms with van der Waals surface area (Å²) in [6.45, 7) is 4.60. The SMILES string of the molecule is CCOc1ccc(N2C(=O)CC3CNCCC32)cc1. The lowest BCUT2D eigenvalue weighted by atomic mass is 9.94. The molecule has 102 valence electrons. The number of hydrogen-bond acceptors (Lipinski definition) is 3. The molecule has 0 aromatic heterocycles. The maximum absolute atomic E-state index is 12.2. The Hall–Kier alpha value is -1.55. The van der Waals surface area contributed by atoms with Gasteiger partial charge in [-0.1, -0.05) is 0 Å². The third kappa shape index (κ3) is 2.32. The van der Waals surface area contributed by atoms with E-state index < -0.39 is 0 Å². The van der Waals surface area contributed by atoms with E-state index in [0.717, 1.165) is 30.9 Å². The van der Waals surface area contributed by atoms with E-state index in [1.165, 1.54) is 0 Å². The van der Waals surface area contributed by atoms with Gasteiger partial charge in [0.1, 0.15) is 5.75 Å². The quantitative estimate of drug-likeness (QED) is 0.901. The number of fused-ring (bicyclic) bond motifs is 1. The normalized spacial score (nSPS) is 26.4. The Kier molecular flexibility index (Phi) is 3.42. The fourth-order valence-electron chi connectivity index (χ4n) is 3.17. The molecule has 2 atom stereocenters. The van der Waals surface area contributed by atoms with E-state index in [1.807, 2.05) is 36.1 Å². The topological polar surface area (TPSA) is 41.6 Å². The Labute approximate surface area is 113 Å². The van der Waals surface area contributed by atoms with Crippen molar-refractivity contribution in [1.29, 1.82) is 0 Å². The van der Waals surface area contributed by atoms with E-state index >= 15 is 0 Å². The molecule has 2 aliphatic rings. The van der Waals surface area contributed by atoms with Crippen molar-refractivity contribution >= 4 is 11.6 Å². The molecular formula is C15H20N2O2. The van der Waals surface area contributed by atoms with Crippen LogP contribution in [0.2, 0.25) is 0 Å². The lowest BCUT2D eigenvalue weighted by molar-refractivity contribution is -0.117. The van der Waals surface area contributed by atoms with Crippen molar-refractivity contribution in [1.82, 2.24) is 5.32 Å². The molecule has 2 unspecified atom stereocenters. The Balaban J connectivity index is 1.82. The number of rotatable bonds is 3. The van der Waals surface area contributed by atoms with Gasteiger partial charge >= 0.3 is 0 Å². The highest BCUT2D eigenvalue weighted by Crippen LogP contribution is 2.34. The van der Waals surface area contributed by atoms with Gasteiger partial charge in [-0.2, -0.15) is 0 Å². The van der Waals surface area contributed by atoms with Crippen molar-refractivity contribution < 1.29 is 9.53 Å². The summed E-state index contributed by atoms with van der Waals surface area (Å²) in [5.74, 6) is 1.58. The van der Waals surface area contributed by atoms with Crippen molar-refractivity contribution in [3.63, 3.8) is 0 Å². The summed E-state index contributed by atoms with van der Waals surface area (Å²) in [5.41, 5.74) is 1.00. The molecule has 0 saturated carbocycles. The first-order valence-corrected chi connectivity index (χ1v) is 7.05. The standard InChI is InChI=1S/C15H20N2O2/c1-2-19-13-5-3-12(4-6-13)17-14-7-8-16-10-11(14)9-15(17)18/h3-6,11,14,16H,2,7-10H2,1H3. The van der Waals surface area contributed by atoms with Gasteiger partial charge in [0.25, 0.3) is 0 Å². The van der Waals surface area contributed by atoms with Gasteiger partial charge in [-0.05, 0) is 44.2 Å². The van der Waals surface area contributed by atoms with Crippen LogP contribution < -0.4 is 15.0 Å². The number of nitrogens with zero attached hydrogens (tertiary/aromatic N) is 1. The number of ether oxygens (including phenoxy) is 1. The largest absolute Gasteiger partial charge is 0.494 e. The molecule has 4 heteroatoms. The maximum Gasteiger partial charge on any atom is 0.227 e. The molecule has 0 aliphatic carbocycles. The van der Waals surface area contributed by atoms with Crippen LogP contribution in [-0.4, -0.2) is 31.6 Å². The van der Waals surface area contributed by atoms with Crippen LogP contribution in [0.25, 0.3) is 0 Å². The summed E-state index contributed by atoms with van der Waals surface area (Å²) in [6.07, 6.45) is 1.72. The second-order valence-electron chi connectivity index (χ2n) is 5.22. The predicted molar refractivity (Wildman–Crippen MR) is 74.5 cm³/mol. The number of carbonyl (C=O) groups is 1. The van der Waals surface area contributed by atoms with E-state index in [-0.39, 0.29) is 5.91 Å². The first-order chi connectivity index (χ1) is 9.29. The first kappa shape index (κ1) is 12.5. The fourth-order valence-corrected chi connectivity index (χ4v) is 3.17. The number of carbonyl (C=O) groups excluding carboxylic acids is 1. The van der Waals surface area contributed by atoms with Gasteiger partial charge in [0.15, 0.2) is 0 Å². The zero-order valence-corrected chi connectivity index (χ0v) is 11.3. The Morgan fingerprint density at radius 3 is 2.89 bits per heavy atom. The number of hydrogen-bond donors (Lipinski definition) is 1. The van der Waals surface area contributed by atoms with Gasteiger partial charge in [0, 0.05) is 30.6 Å². The molecular weight excluding hydrogens is 240 g/mol. The van der Waals surface area contributed by atoms with Crippen molar-refractivity contribution in [3.05, 3.63) is 24.3 Å². The highest BCUT2D eigenvalue weighted by atomic mass is 16.5. The summed E-state index contributed by atoms with van der Waals surface area (Å²) in [4.78, 5) is 14.2. The fraction of sp³-hybridized carbons (Fsp3) is 0.533. The van der Waals surface area contributed by atoms with Crippen molar-refractivity contribution in [2.45, 2.75) is 25.8 Å². The summed E-state index contributed by atoms with van der Waals surface area (Å²) >= 11 is 0.